The zero-order valence-corrected chi connectivity index (χ0v) is 14.6. The summed E-state index contributed by atoms with van der Waals surface area (Å²) in [6.07, 6.45) is 6.27. The van der Waals surface area contributed by atoms with Crippen molar-refractivity contribution in [2.24, 2.45) is 5.41 Å². The minimum Gasteiger partial charge on any atom is -0.489 e. The predicted octanol–water partition coefficient (Wildman–Crippen LogP) is 6.09. The lowest BCUT2D eigenvalue weighted by Crippen LogP contribution is -2.55. The first-order valence-electron chi connectivity index (χ1n) is 8.05. The maximum atomic E-state index is 6.52. The standard InChI is InChI=1S/C18H24Cl2O/c1-11(2)13-9-15(12(3)8-14(13)19)21-17-10-16(20)18(17)6-4-5-7-18/h8-9,11,16-17H,4-7,10H2,1-3H3. The number of aryl methyl sites for hydroxylation is 1. The van der Waals surface area contributed by atoms with Gasteiger partial charge in [0.1, 0.15) is 11.9 Å². The Morgan fingerprint density at radius 3 is 2.48 bits per heavy atom. The van der Waals surface area contributed by atoms with Crippen LogP contribution in [0, 0.1) is 12.3 Å². The topological polar surface area (TPSA) is 9.23 Å². The third kappa shape index (κ3) is 2.57. The number of alkyl halides is 1. The van der Waals surface area contributed by atoms with Gasteiger partial charge in [-0.05, 0) is 48.9 Å². The van der Waals surface area contributed by atoms with Crippen LogP contribution >= 0.6 is 23.2 Å². The Bertz CT molecular complexity index is 532. The predicted molar refractivity (Wildman–Crippen MR) is 89.9 cm³/mol. The molecule has 2 aliphatic carbocycles. The zero-order valence-electron chi connectivity index (χ0n) is 13.1. The molecule has 0 N–H and O–H groups in total. The molecule has 1 nitrogen and oxygen atoms in total. The highest BCUT2D eigenvalue weighted by molar-refractivity contribution is 6.31. The van der Waals surface area contributed by atoms with Crippen molar-refractivity contribution in [3.05, 3.63) is 28.3 Å². The molecular formula is C18H24Cl2O. The van der Waals surface area contributed by atoms with Gasteiger partial charge >= 0.3 is 0 Å². The van der Waals surface area contributed by atoms with Crippen molar-refractivity contribution in [2.45, 2.75) is 70.3 Å². The van der Waals surface area contributed by atoms with Gasteiger partial charge in [0, 0.05) is 22.2 Å². The summed E-state index contributed by atoms with van der Waals surface area (Å²) in [6, 6.07) is 4.16. The maximum absolute atomic E-state index is 6.52. The van der Waals surface area contributed by atoms with Gasteiger partial charge in [0.25, 0.3) is 0 Å². The van der Waals surface area contributed by atoms with E-state index in [1.807, 2.05) is 6.07 Å². The van der Waals surface area contributed by atoms with Crippen molar-refractivity contribution < 1.29 is 4.74 Å². The fourth-order valence-corrected chi connectivity index (χ4v) is 4.88. The molecule has 1 aromatic carbocycles. The average Bonchev–Trinajstić information content (AvgIpc) is 2.93. The molecule has 0 bridgehead atoms. The monoisotopic (exact) mass is 326 g/mol. The number of ether oxygens (including phenoxy) is 1. The number of benzene rings is 1. The van der Waals surface area contributed by atoms with Crippen LogP contribution in [0.25, 0.3) is 0 Å². The van der Waals surface area contributed by atoms with Crippen molar-refractivity contribution in [1.29, 1.82) is 0 Å². The molecule has 2 atom stereocenters. The van der Waals surface area contributed by atoms with Crippen LogP contribution in [0.2, 0.25) is 5.02 Å². The molecule has 3 heteroatoms. The fraction of sp³-hybridized carbons (Fsp3) is 0.667. The molecule has 0 amide bonds. The van der Waals surface area contributed by atoms with Crippen molar-refractivity contribution >= 4 is 23.2 Å². The summed E-state index contributed by atoms with van der Waals surface area (Å²) >= 11 is 12.9. The molecule has 0 saturated heterocycles. The molecule has 2 fully saturated rings. The van der Waals surface area contributed by atoms with E-state index in [0.717, 1.165) is 22.8 Å². The molecule has 1 spiro atoms. The second-order valence-corrected chi connectivity index (χ2v) is 7.98. The Morgan fingerprint density at radius 2 is 1.90 bits per heavy atom. The van der Waals surface area contributed by atoms with Crippen LogP contribution in [0.5, 0.6) is 5.75 Å². The average molecular weight is 327 g/mol. The van der Waals surface area contributed by atoms with Crippen molar-refractivity contribution in [1.82, 2.24) is 0 Å². The molecule has 21 heavy (non-hydrogen) atoms. The van der Waals surface area contributed by atoms with Gasteiger partial charge in [0.05, 0.1) is 0 Å². The molecule has 2 saturated carbocycles. The summed E-state index contributed by atoms with van der Waals surface area (Å²) in [4.78, 5) is 0. The van der Waals surface area contributed by atoms with Gasteiger partial charge in [0.2, 0.25) is 0 Å². The number of hydrogen-bond acceptors (Lipinski definition) is 1. The van der Waals surface area contributed by atoms with E-state index in [1.54, 1.807) is 0 Å². The van der Waals surface area contributed by atoms with Crippen LogP contribution in [-0.4, -0.2) is 11.5 Å². The first kappa shape index (κ1) is 15.5. The molecule has 3 rings (SSSR count). The molecule has 2 aliphatic rings. The minimum absolute atomic E-state index is 0.228. The largest absolute Gasteiger partial charge is 0.489 e. The van der Waals surface area contributed by atoms with Crippen molar-refractivity contribution in [3.8, 4) is 5.75 Å². The quantitative estimate of drug-likeness (QED) is 0.610. The van der Waals surface area contributed by atoms with E-state index < -0.39 is 0 Å². The fourth-order valence-electron chi connectivity index (χ4n) is 3.92. The Labute approximate surface area is 138 Å². The molecule has 116 valence electrons. The van der Waals surface area contributed by atoms with Crippen LogP contribution in [-0.2, 0) is 0 Å². The number of rotatable bonds is 3. The first-order chi connectivity index (χ1) is 9.94. The third-order valence-electron chi connectivity index (χ3n) is 5.41. The van der Waals surface area contributed by atoms with Crippen LogP contribution in [0.1, 0.15) is 63.0 Å². The maximum Gasteiger partial charge on any atom is 0.123 e. The van der Waals surface area contributed by atoms with Crippen LogP contribution < -0.4 is 4.74 Å². The van der Waals surface area contributed by atoms with Crippen LogP contribution in [0.15, 0.2) is 12.1 Å². The van der Waals surface area contributed by atoms with E-state index in [1.165, 1.54) is 31.2 Å². The van der Waals surface area contributed by atoms with Gasteiger partial charge in [-0.25, -0.2) is 0 Å². The van der Waals surface area contributed by atoms with Gasteiger partial charge < -0.3 is 4.74 Å². The van der Waals surface area contributed by atoms with Gasteiger partial charge in [-0.2, -0.15) is 0 Å². The minimum atomic E-state index is 0.228. The van der Waals surface area contributed by atoms with Crippen LogP contribution in [0.4, 0.5) is 0 Å². The second-order valence-electron chi connectivity index (χ2n) is 7.04. The van der Waals surface area contributed by atoms with Gasteiger partial charge in [-0.3, -0.25) is 0 Å². The Balaban J connectivity index is 1.84. The van der Waals surface area contributed by atoms with E-state index in [9.17, 15) is 0 Å². The van der Waals surface area contributed by atoms with Gasteiger partial charge in [0.15, 0.2) is 0 Å². The summed E-state index contributed by atoms with van der Waals surface area (Å²) in [5.74, 6) is 1.39. The van der Waals surface area contributed by atoms with Gasteiger partial charge in [-0.1, -0.05) is 38.3 Å². The number of hydrogen-bond donors (Lipinski definition) is 0. The Kier molecular flexibility index (Phi) is 4.18. The van der Waals surface area contributed by atoms with E-state index in [-0.39, 0.29) is 11.5 Å². The molecule has 0 heterocycles. The first-order valence-corrected chi connectivity index (χ1v) is 8.86. The summed E-state index contributed by atoms with van der Waals surface area (Å²) in [6.45, 7) is 6.40. The Morgan fingerprint density at radius 1 is 1.24 bits per heavy atom. The Hall–Kier alpha value is -0.400. The van der Waals surface area contributed by atoms with E-state index in [0.29, 0.717) is 11.3 Å². The zero-order chi connectivity index (χ0) is 15.2. The summed E-state index contributed by atoms with van der Waals surface area (Å²) in [7, 11) is 0. The summed E-state index contributed by atoms with van der Waals surface area (Å²) in [5.41, 5.74) is 2.51. The lowest BCUT2D eigenvalue weighted by molar-refractivity contribution is -0.0359. The van der Waals surface area contributed by atoms with E-state index >= 15 is 0 Å². The van der Waals surface area contributed by atoms with E-state index in [2.05, 4.69) is 26.8 Å². The normalized spacial score (nSPS) is 27.1. The molecule has 1 aromatic rings. The lowest BCUT2D eigenvalue weighted by Gasteiger charge is -2.51. The molecular weight excluding hydrogens is 303 g/mol. The molecule has 0 aromatic heterocycles. The lowest BCUT2D eigenvalue weighted by atomic mass is 9.64. The van der Waals surface area contributed by atoms with Crippen molar-refractivity contribution in [2.75, 3.05) is 0 Å². The van der Waals surface area contributed by atoms with E-state index in [4.69, 9.17) is 27.9 Å². The second kappa shape index (κ2) is 5.66. The molecule has 0 radical (unpaired) electrons. The van der Waals surface area contributed by atoms with Gasteiger partial charge in [-0.15, -0.1) is 11.6 Å². The summed E-state index contributed by atoms with van der Waals surface area (Å²) in [5, 5.41) is 1.14. The third-order valence-corrected chi connectivity index (χ3v) is 6.35. The SMILES string of the molecule is Cc1cc(Cl)c(C(C)C)cc1OC1CC(Cl)C12CCCC2. The van der Waals surface area contributed by atoms with Crippen LogP contribution in [0.3, 0.4) is 0 Å². The highest BCUT2D eigenvalue weighted by atomic mass is 35.5. The number of halogens is 2. The molecule has 0 aliphatic heterocycles. The van der Waals surface area contributed by atoms with Crippen molar-refractivity contribution in [3.63, 3.8) is 0 Å². The summed E-state index contributed by atoms with van der Waals surface area (Å²) < 4.78 is 6.39. The highest BCUT2D eigenvalue weighted by Gasteiger charge is 2.57. The highest BCUT2D eigenvalue weighted by Crippen LogP contribution is 2.57. The molecule has 2 unspecified atom stereocenters. The smallest absolute Gasteiger partial charge is 0.123 e.